The van der Waals surface area contributed by atoms with Gasteiger partial charge in [-0.15, -0.1) is 0 Å². The van der Waals surface area contributed by atoms with Crippen LogP contribution in [0.3, 0.4) is 0 Å². The minimum Gasteiger partial charge on any atom is -0.481 e. The van der Waals surface area contributed by atoms with Crippen molar-refractivity contribution in [2.24, 2.45) is 11.3 Å². The van der Waals surface area contributed by atoms with Gasteiger partial charge >= 0.3 is 5.97 Å². The van der Waals surface area contributed by atoms with Gasteiger partial charge < -0.3 is 5.11 Å². The molecule has 0 unspecified atom stereocenters. The van der Waals surface area contributed by atoms with Gasteiger partial charge in [0.1, 0.15) is 0 Å². The van der Waals surface area contributed by atoms with E-state index in [1.165, 1.54) is 32.1 Å². The highest BCUT2D eigenvalue weighted by Gasteiger charge is 2.45. The molecule has 0 amide bonds. The maximum atomic E-state index is 10.7. The number of hydrogen-bond acceptors (Lipinski definition) is 1. The van der Waals surface area contributed by atoms with Crippen LogP contribution >= 0.6 is 0 Å². The van der Waals surface area contributed by atoms with Crippen molar-refractivity contribution in [3.8, 4) is 0 Å². The summed E-state index contributed by atoms with van der Waals surface area (Å²) in [6.45, 7) is 4.40. The van der Waals surface area contributed by atoms with Crippen LogP contribution in [0, 0.1) is 11.3 Å². The van der Waals surface area contributed by atoms with Crippen LogP contribution in [-0.4, -0.2) is 11.1 Å². The average molecular weight is 198 g/mol. The molecule has 2 heteroatoms. The molecule has 14 heavy (non-hydrogen) atoms. The van der Waals surface area contributed by atoms with E-state index in [9.17, 15) is 4.79 Å². The molecule has 0 radical (unpaired) electrons. The summed E-state index contributed by atoms with van der Waals surface area (Å²) in [6.07, 6.45) is 7.98. The Bertz CT molecular complexity index is 192. The van der Waals surface area contributed by atoms with Crippen LogP contribution in [0.5, 0.6) is 0 Å². The van der Waals surface area contributed by atoms with Gasteiger partial charge in [-0.3, -0.25) is 4.79 Å². The number of unbranched alkanes of at least 4 members (excludes halogenated alkanes) is 1. The van der Waals surface area contributed by atoms with Crippen molar-refractivity contribution in [2.75, 3.05) is 0 Å². The first kappa shape index (κ1) is 11.5. The fourth-order valence-corrected chi connectivity index (χ4v) is 2.78. The average Bonchev–Trinajstić information content (AvgIpc) is 2.08. The molecule has 1 fully saturated rings. The Morgan fingerprint density at radius 1 is 1.29 bits per heavy atom. The second kappa shape index (κ2) is 4.81. The maximum absolute atomic E-state index is 10.7. The van der Waals surface area contributed by atoms with Gasteiger partial charge in [-0.25, -0.2) is 0 Å². The van der Waals surface area contributed by atoms with Crippen LogP contribution in [-0.2, 0) is 4.79 Å². The maximum Gasteiger partial charge on any atom is 0.306 e. The molecule has 0 saturated heterocycles. The molecule has 0 aromatic heterocycles. The highest BCUT2D eigenvalue weighted by atomic mass is 16.4. The molecule has 0 bridgehead atoms. The van der Waals surface area contributed by atoms with Crippen molar-refractivity contribution in [1.82, 2.24) is 0 Å². The molecule has 1 rings (SSSR count). The zero-order chi connectivity index (χ0) is 10.6. The zero-order valence-electron chi connectivity index (χ0n) is 9.38. The van der Waals surface area contributed by atoms with E-state index in [1.807, 2.05) is 0 Å². The lowest BCUT2D eigenvalue weighted by Crippen LogP contribution is -2.41. The topological polar surface area (TPSA) is 37.3 Å². The molecule has 1 N–H and O–H groups in total. The molecule has 0 aromatic carbocycles. The number of rotatable bonds is 6. The fraction of sp³-hybridized carbons (Fsp3) is 0.917. The molecular formula is C12H22O2. The first-order valence-electron chi connectivity index (χ1n) is 5.86. The quantitative estimate of drug-likeness (QED) is 0.709. The van der Waals surface area contributed by atoms with E-state index in [4.69, 9.17) is 5.11 Å². The summed E-state index contributed by atoms with van der Waals surface area (Å²) in [7, 11) is 0. The predicted octanol–water partition coefficient (Wildman–Crippen LogP) is 3.46. The van der Waals surface area contributed by atoms with Gasteiger partial charge in [0.25, 0.3) is 0 Å². The lowest BCUT2D eigenvalue weighted by Gasteiger charge is -2.46. The summed E-state index contributed by atoms with van der Waals surface area (Å²) in [5.41, 5.74) is 0.397. The van der Waals surface area contributed by atoms with E-state index in [2.05, 4.69) is 13.8 Å². The Morgan fingerprint density at radius 3 is 2.36 bits per heavy atom. The second-order valence-corrected chi connectivity index (χ2v) is 4.80. The summed E-state index contributed by atoms with van der Waals surface area (Å²) in [4.78, 5) is 10.7. The van der Waals surface area contributed by atoms with Gasteiger partial charge in [0, 0.05) is 0 Å². The van der Waals surface area contributed by atoms with Crippen LogP contribution in [0.15, 0.2) is 0 Å². The van der Waals surface area contributed by atoms with Crippen LogP contribution in [0.1, 0.15) is 58.8 Å². The van der Waals surface area contributed by atoms with E-state index >= 15 is 0 Å². The molecule has 2 nitrogen and oxygen atoms in total. The molecule has 0 aromatic rings. The molecule has 1 aliphatic carbocycles. The van der Waals surface area contributed by atoms with Crippen molar-refractivity contribution in [1.29, 1.82) is 0 Å². The van der Waals surface area contributed by atoms with Crippen LogP contribution in [0.2, 0.25) is 0 Å². The Hall–Kier alpha value is -0.530. The molecule has 1 aliphatic rings. The standard InChI is InChI=1S/C12H22O2/c1-3-5-7-12(6-4-2)8-10(9-12)11(13)14/h10H,3-9H2,1-2H3,(H,13,14). The van der Waals surface area contributed by atoms with E-state index in [0.717, 1.165) is 12.8 Å². The van der Waals surface area contributed by atoms with Gasteiger partial charge in [0.2, 0.25) is 0 Å². The number of carbonyl (C=O) groups is 1. The van der Waals surface area contributed by atoms with Crippen LogP contribution in [0.25, 0.3) is 0 Å². The molecule has 82 valence electrons. The smallest absolute Gasteiger partial charge is 0.306 e. The van der Waals surface area contributed by atoms with Gasteiger partial charge in [-0.1, -0.05) is 33.1 Å². The van der Waals surface area contributed by atoms with Gasteiger partial charge in [0.15, 0.2) is 0 Å². The number of aliphatic carboxylic acids is 1. The minimum atomic E-state index is -0.590. The van der Waals surface area contributed by atoms with E-state index in [0.29, 0.717) is 5.41 Å². The largest absolute Gasteiger partial charge is 0.481 e. The van der Waals surface area contributed by atoms with Crippen molar-refractivity contribution in [3.05, 3.63) is 0 Å². The van der Waals surface area contributed by atoms with Crippen molar-refractivity contribution >= 4 is 5.97 Å². The summed E-state index contributed by atoms with van der Waals surface area (Å²) >= 11 is 0. The lowest BCUT2D eigenvalue weighted by molar-refractivity contribution is -0.151. The van der Waals surface area contributed by atoms with E-state index in [1.54, 1.807) is 0 Å². The molecule has 0 heterocycles. The Morgan fingerprint density at radius 2 is 1.93 bits per heavy atom. The Labute approximate surface area is 86.7 Å². The molecule has 0 spiro atoms. The normalized spacial score (nSPS) is 31.1. The summed E-state index contributed by atoms with van der Waals surface area (Å²) in [5, 5.41) is 8.86. The highest BCUT2D eigenvalue weighted by Crippen LogP contribution is 2.52. The summed E-state index contributed by atoms with van der Waals surface area (Å²) in [6, 6.07) is 0. The SMILES string of the molecule is CCCCC1(CCC)CC(C(=O)O)C1. The first-order valence-corrected chi connectivity index (χ1v) is 5.86. The van der Waals surface area contributed by atoms with Crippen LogP contribution < -0.4 is 0 Å². The highest BCUT2D eigenvalue weighted by molar-refractivity contribution is 5.71. The third-order valence-electron chi connectivity index (χ3n) is 3.55. The summed E-state index contributed by atoms with van der Waals surface area (Å²) in [5.74, 6) is -0.633. The molecule has 0 aliphatic heterocycles. The first-order chi connectivity index (χ1) is 6.63. The second-order valence-electron chi connectivity index (χ2n) is 4.80. The number of carboxylic acids is 1. The van der Waals surface area contributed by atoms with Gasteiger partial charge in [-0.05, 0) is 31.1 Å². The predicted molar refractivity (Wildman–Crippen MR) is 57.2 cm³/mol. The van der Waals surface area contributed by atoms with Crippen LogP contribution in [0.4, 0.5) is 0 Å². The zero-order valence-corrected chi connectivity index (χ0v) is 9.38. The van der Waals surface area contributed by atoms with Crippen molar-refractivity contribution < 1.29 is 9.90 Å². The number of carboxylic acid groups (broad SMARTS) is 1. The minimum absolute atomic E-state index is 0.0431. The fourth-order valence-electron chi connectivity index (χ4n) is 2.78. The van der Waals surface area contributed by atoms with Crippen molar-refractivity contribution in [2.45, 2.75) is 58.8 Å². The Balaban J connectivity index is 2.39. The molecular weight excluding hydrogens is 176 g/mol. The molecule has 1 saturated carbocycles. The number of hydrogen-bond donors (Lipinski definition) is 1. The van der Waals surface area contributed by atoms with Gasteiger partial charge in [0.05, 0.1) is 5.92 Å². The third-order valence-corrected chi connectivity index (χ3v) is 3.55. The van der Waals surface area contributed by atoms with E-state index in [-0.39, 0.29) is 5.92 Å². The van der Waals surface area contributed by atoms with E-state index < -0.39 is 5.97 Å². The molecule has 0 atom stereocenters. The lowest BCUT2D eigenvalue weighted by atomic mass is 9.58. The van der Waals surface area contributed by atoms with Crippen molar-refractivity contribution in [3.63, 3.8) is 0 Å². The summed E-state index contributed by atoms with van der Waals surface area (Å²) < 4.78 is 0. The Kier molecular flexibility index (Phi) is 3.97. The third kappa shape index (κ3) is 2.49. The monoisotopic (exact) mass is 198 g/mol. The van der Waals surface area contributed by atoms with Gasteiger partial charge in [-0.2, -0.15) is 0 Å².